The number of ether oxygens (including phenoxy) is 2. The van der Waals surface area contributed by atoms with Crippen molar-refractivity contribution in [3.05, 3.63) is 0 Å². The largest absolute Gasteiger partial charge is 0.467 e. The van der Waals surface area contributed by atoms with E-state index >= 15 is 0 Å². The number of alkyl carbamates (subject to hydrolysis) is 1. The molecule has 62 valence electrons. The molecule has 1 rings (SSSR count). The van der Waals surface area contributed by atoms with Gasteiger partial charge in [-0.05, 0) is 0 Å². The second-order valence-corrected chi connectivity index (χ2v) is 2.14. The highest BCUT2D eigenvalue weighted by Crippen LogP contribution is 2.01. The molecule has 1 atom stereocenters. The van der Waals surface area contributed by atoms with Crippen LogP contribution in [0.5, 0.6) is 0 Å². The van der Waals surface area contributed by atoms with Crippen LogP contribution in [0.15, 0.2) is 0 Å². The molecule has 0 aromatic heterocycles. The number of amides is 1. The Morgan fingerprint density at radius 2 is 2.55 bits per heavy atom. The molecule has 1 fully saturated rings. The maximum atomic E-state index is 10.8. The summed E-state index contributed by atoms with van der Waals surface area (Å²) in [7, 11) is 1.28. The monoisotopic (exact) mass is 159 g/mol. The van der Waals surface area contributed by atoms with Crippen molar-refractivity contribution in [2.24, 2.45) is 0 Å². The number of nitrogens with one attached hydrogen (secondary N) is 1. The molecule has 0 aliphatic carbocycles. The molecular weight excluding hydrogens is 150 g/mol. The van der Waals surface area contributed by atoms with E-state index in [0.717, 1.165) is 0 Å². The predicted molar refractivity (Wildman–Crippen MR) is 34.9 cm³/mol. The minimum atomic E-state index is -0.563. The average molecular weight is 159 g/mol. The van der Waals surface area contributed by atoms with Crippen molar-refractivity contribution in [3.63, 3.8) is 0 Å². The molecule has 1 saturated heterocycles. The van der Waals surface area contributed by atoms with Crippen molar-refractivity contribution in [1.29, 1.82) is 0 Å². The molecule has 1 N–H and O–H groups in total. The molecular formula is C6H9NO4. The van der Waals surface area contributed by atoms with Gasteiger partial charge >= 0.3 is 12.1 Å². The number of hydrogen-bond donors (Lipinski definition) is 1. The van der Waals surface area contributed by atoms with Crippen molar-refractivity contribution in [2.75, 3.05) is 13.7 Å². The third-order valence-electron chi connectivity index (χ3n) is 1.42. The molecule has 5 nitrogen and oxygen atoms in total. The zero-order valence-electron chi connectivity index (χ0n) is 6.12. The highest BCUT2D eigenvalue weighted by Gasteiger charge is 2.25. The Hall–Kier alpha value is -1.26. The number of carbonyl (C=O) groups is 2. The van der Waals surface area contributed by atoms with Crippen LogP contribution in [0, 0.1) is 0 Å². The Kier molecular flexibility index (Phi) is 2.30. The van der Waals surface area contributed by atoms with E-state index in [0.29, 0.717) is 6.42 Å². The number of esters is 1. The Labute approximate surface area is 63.7 Å². The number of cyclic esters (lactones) is 1. The Balaban J connectivity index is 2.45. The quantitative estimate of drug-likeness (QED) is 0.531. The Morgan fingerprint density at radius 3 is 3.09 bits per heavy atom. The van der Waals surface area contributed by atoms with Crippen LogP contribution in [0.4, 0.5) is 4.79 Å². The van der Waals surface area contributed by atoms with E-state index in [4.69, 9.17) is 0 Å². The molecule has 0 radical (unpaired) electrons. The van der Waals surface area contributed by atoms with Crippen molar-refractivity contribution in [2.45, 2.75) is 12.5 Å². The van der Waals surface area contributed by atoms with Gasteiger partial charge < -0.3 is 14.8 Å². The zero-order valence-corrected chi connectivity index (χ0v) is 6.12. The van der Waals surface area contributed by atoms with Crippen molar-refractivity contribution >= 4 is 12.1 Å². The van der Waals surface area contributed by atoms with Crippen LogP contribution in [-0.4, -0.2) is 31.8 Å². The number of rotatable bonds is 1. The van der Waals surface area contributed by atoms with Gasteiger partial charge in [0.1, 0.15) is 6.04 Å². The number of methoxy groups -OCH3 is 1. The highest BCUT2D eigenvalue weighted by molar-refractivity contribution is 5.82. The first-order chi connectivity index (χ1) is 5.24. The van der Waals surface area contributed by atoms with Gasteiger partial charge in [-0.25, -0.2) is 9.59 Å². The predicted octanol–water partition coefficient (Wildman–Crippen LogP) is -0.342. The molecule has 1 aliphatic rings. The maximum Gasteiger partial charge on any atom is 0.407 e. The second-order valence-electron chi connectivity index (χ2n) is 2.14. The van der Waals surface area contributed by atoms with Gasteiger partial charge in [0.25, 0.3) is 0 Å². The molecule has 5 heteroatoms. The fourth-order valence-corrected chi connectivity index (χ4v) is 0.845. The first kappa shape index (κ1) is 7.84. The van der Waals surface area contributed by atoms with E-state index in [-0.39, 0.29) is 6.61 Å². The molecule has 0 spiro atoms. The first-order valence-electron chi connectivity index (χ1n) is 3.25. The summed E-state index contributed by atoms with van der Waals surface area (Å²) in [5.74, 6) is -0.429. The fourth-order valence-electron chi connectivity index (χ4n) is 0.845. The standard InChI is InChI=1S/C6H9NO4/c1-10-5(8)4-2-3-11-6(9)7-4/h4H,2-3H2,1H3,(H,7,9)/t4-/m1/s1. The first-order valence-corrected chi connectivity index (χ1v) is 3.25. The van der Waals surface area contributed by atoms with Crippen LogP contribution >= 0.6 is 0 Å². The van der Waals surface area contributed by atoms with E-state index in [1.165, 1.54) is 7.11 Å². The van der Waals surface area contributed by atoms with Gasteiger partial charge in [-0.2, -0.15) is 0 Å². The SMILES string of the molecule is COC(=O)[C@H]1CCOC(=O)N1. The normalized spacial score (nSPS) is 23.4. The minimum absolute atomic E-state index is 0.269. The summed E-state index contributed by atoms with van der Waals surface area (Å²) in [5, 5.41) is 2.33. The molecule has 0 bridgehead atoms. The van der Waals surface area contributed by atoms with E-state index in [1.807, 2.05) is 0 Å². The van der Waals surface area contributed by atoms with Crippen LogP contribution < -0.4 is 5.32 Å². The van der Waals surface area contributed by atoms with Crippen molar-refractivity contribution < 1.29 is 19.1 Å². The summed E-state index contributed by atoms with van der Waals surface area (Å²) in [6, 6.07) is -0.541. The van der Waals surface area contributed by atoms with Crippen LogP contribution in [0.1, 0.15) is 6.42 Å². The summed E-state index contributed by atoms with van der Waals surface area (Å²) in [6.07, 6.45) is -0.0926. The van der Waals surface area contributed by atoms with Gasteiger partial charge in [0.15, 0.2) is 0 Å². The topological polar surface area (TPSA) is 64.6 Å². The molecule has 1 heterocycles. The van der Waals surface area contributed by atoms with Gasteiger partial charge in [-0.3, -0.25) is 0 Å². The molecule has 11 heavy (non-hydrogen) atoms. The zero-order chi connectivity index (χ0) is 8.27. The maximum absolute atomic E-state index is 10.8. The lowest BCUT2D eigenvalue weighted by Crippen LogP contribution is -2.46. The van der Waals surface area contributed by atoms with Crippen LogP contribution in [0.3, 0.4) is 0 Å². The van der Waals surface area contributed by atoms with E-state index < -0.39 is 18.1 Å². The van der Waals surface area contributed by atoms with Gasteiger partial charge in [-0.15, -0.1) is 0 Å². The third-order valence-corrected chi connectivity index (χ3v) is 1.42. The molecule has 0 unspecified atom stereocenters. The van der Waals surface area contributed by atoms with Gasteiger partial charge in [0.05, 0.1) is 13.7 Å². The summed E-state index contributed by atoms with van der Waals surface area (Å²) in [4.78, 5) is 21.4. The van der Waals surface area contributed by atoms with E-state index in [9.17, 15) is 9.59 Å². The highest BCUT2D eigenvalue weighted by atomic mass is 16.6. The molecule has 1 aliphatic heterocycles. The number of hydrogen-bond acceptors (Lipinski definition) is 4. The molecule has 0 aromatic rings. The van der Waals surface area contributed by atoms with Crippen LogP contribution in [0.25, 0.3) is 0 Å². The molecule has 1 amide bonds. The summed E-state index contributed by atoms with van der Waals surface area (Å²) >= 11 is 0. The van der Waals surface area contributed by atoms with Gasteiger partial charge in [0, 0.05) is 6.42 Å². The second kappa shape index (κ2) is 3.23. The van der Waals surface area contributed by atoms with Crippen LogP contribution in [0.2, 0.25) is 0 Å². The Morgan fingerprint density at radius 1 is 1.82 bits per heavy atom. The fraction of sp³-hybridized carbons (Fsp3) is 0.667. The lowest BCUT2D eigenvalue weighted by Gasteiger charge is -2.20. The minimum Gasteiger partial charge on any atom is -0.467 e. The van der Waals surface area contributed by atoms with Crippen molar-refractivity contribution in [3.8, 4) is 0 Å². The lowest BCUT2D eigenvalue weighted by atomic mass is 10.2. The third kappa shape index (κ3) is 1.83. The molecule has 0 saturated carbocycles. The van der Waals surface area contributed by atoms with E-state index in [1.54, 1.807) is 0 Å². The van der Waals surface area contributed by atoms with Gasteiger partial charge in [-0.1, -0.05) is 0 Å². The summed E-state index contributed by atoms with van der Waals surface area (Å²) < 4.78 is 8.97. The van der Waals surface area contributed by atoms with Crippen LogP contribution in [-0.2, 0) is 14.3 Å². The smallest absolute Gasteiger partial charge is 0.407 e. The summed E-state index contributed by atoms with van der Waals surface area (Å²) in [5.41, 5.74) is 0. The van der Waals surface area contributed by atoms with E-state index in [2.05, 4.69) is 14.8 Å². The lowest BCUT2D eigenvalue weighted by molar-refractivity contribution is -0.144. The molecule has 0 aromatic carbocycles. The Bertz CT molecular complexity index is 179. The number of carbonyl (C=O) groups excluding carboxylic acids is 2. The average Bonchev–Trinajstić information content (AvgIpc) is 2.03. The summed E-state index contributed by atoms with van der Waals surface area (Å²) in [6.45, 7) is 0.269. The van der Waals surface area contributed by atoms with Gasteiger partial charge in [0.2, 0.25) is 0 Å². The van der Waals surface area contributed by atoms with Crippen molar-refractivity contribution in [1.82, 2.24) is 5.32 Å².